The molecule has 62 valence electrons. The molecular weight excluding hydrogens is 156 g/mol. The van der Waals surface area contributed by atoms with Gasteiger partial charge in [-0.1, -0.05) is 13.8 Å². The SMILES string of the molecule is CC(C)c1csc(C(C)N)n1. The first-order valence-electron chi connectivity index (χ1n) is 3.82. The Balaban J connectivity index is 2.82. The highest BCUT2D eigenvalue weighted by Gasteiger charge is 2.07. The Hall–Kier alpha value is -0.410. The Bertz CT molecular complexity index is 205. The number of thiazole rings is 1. The summed E-state index contributed by atoms with van der Waals surface area (Å²) < 4.78 is 0. The lowest BCUT2D eigenvalue weighted by Gasteiger charge is -1.99. The summed E-state index contributed by atoms with van der Waals surface area (Å²) in [5, 5.41) is 3.12. The minimum atomic E-state index is 0.0764. The fraction of sp³-hybridized carbons (Fsp3) is 0.625. The van der Waals surface area contributed by atoms with Crippen molar-refractivity contribution < 1.29 is 0 Å². The predicted octanol–water partition coefficient (Wildman–Crippen LogP) is 2.29. The van der Waals surface area contributed by atoms with E-state index in [-0.39, 0.29) is 6.04 Å². The van der Waals surface area contributed by atoms with Crippen molar-refractivity contribution in [3.8, 4) is 0 Å². The van der Waals surface area contributed by atoms with E-state index in [0.717, 1.165) is 10.7 Å². The molecule has 0 aromatic carbocycles. The monoisotopic (exact) mass is 170 g/mol. The highest BCUT2D eigenvalue weighted by atomic mass is 32.1. The van der Waals surface area contributed by atoms with Crippen LogP contribution >= 0.6 is 11.3 Å². The third-order valence-corrected chi connectivity index (χ3v) is 2.58. The number of nitrogens with zero attached hydrogens (tertiary/aromatic N) is 1. The maximum atomic E-state index is 5.68. The first-order chi connectivity index (χ1) is 5.11. The van der Waals surface area contributed by atoms with E-state index in [2.05, 4.69) is 24.2 Å². The third kappa shape index (κ3) is 2.01. The van der Waals surface area contributed by atoms with Crippen LogP contribution in [0.15, 0.2) is 5.38 Å². The van der Waals surface area contributed by atoms with Crippen LogP contribution in [0.2, 0.25) is 0 Å². The number of hydrogen-bond donors (Lipinski definition) is 1. The highest BCUT2D eigenvalue weighted by Crippen LogP contribution is 2.20. The van der Waals surface area contributed by atoms with Gasteiger partial charge in [-0.3, -0.25) is 0 Å². The van der Waals surface area contributed by atoms with Crippen molar-refractivity contribution in [2.45, 2.75) is 32.7 Å². The van der Waals surface area contributed by atoms with E-state index < -0.39 is 0 Å². The van der Waals surface area contributed by atoms with Gasteiger partial charge in [0.25, 0.3) is 0 Å². The van der Waals surface area contributed by atoms with E-state index >= 15 is 0 Å². The molecule has 0 aliphatic carbocycles. The Morgan fingerprint density at radius 1 is 1.45 bits per heavy atom. The highest BCUT2D eigenvalue weighted by molar-refractivity contribution is 7.09. The normalized spacial score (nSPS) is 13.9. The van der Waals surface area contributed by atoms with Crippen molar-refractivity contribution in [2.24, 2.45) is 5.73 Å². The second kappa shape index (κ2) is 3.32. The van der Waals surface area contributed by atoms with Crippen molar-refractivity contribution in [3.05, 3.63) is 16.1 Å². The van der Waals surface area contributed by atoms with E-state index in [9.17, 15) is 0 Å². The van der Waals surface area contributed by atoms with Crippen molar-refractivity contribution >= 4 is 11.3 Å². The molecule has 0 saturated heterocycles. The van der Waals surface area contributed by atoms with Gasteiger partial charge in [-0.05, 0) is 12.8 Å². The van der Waals surface area contributed by atoms with Crippen LogP contribution in [0.25, 0.3) is 0 Å². The Labute approximate surface area is 71.5 Å². The maximum Gasteiger partial charge on any atom is 0.109 e. The van der Waals surface area contributed by atoms with Crippen LogP contribution in [-0.4, -0.2) is 4.98 Å². The Kier molecular flexibility index (Phi) is 2.62. The molecule has 0 aliphatic heterocycles. The molecule has 0 spiro atoms. The number of nitrogens with two attached hydrogens (primary N) is 1. The van der Waals surface area contributed by atoms with Gasteiger partial charge in [0.1, 0.15) is 5.01 Å². The fourth-order valence-corrected chi connectivity index (χ4v) is 1.71. The summed E-state index contributed by atoms with van der Waals surface area (Å²) in [6.07, 6.45) is 0. The van der Waals surface area contributed by atoms with Crippen LogP contribution in [0.5, 0.6) is 0 Å². The van der Waals surface area contributed by atoms with Gasteiger partial charge in [0, 0.05) is 5.38 Å². The lowest BCUT2D eigenvalue weighted by molar-refractivity contribution is 0.772. The van der Waals surface area contributed by atoms with Gasteiger partial charge in [0.2, 0.25) is 0 Å². The molecule has 1 atom stereocenters. The summed E-state index contributed by atoms with van der Waals surface area (Å²) in [6, 6.07) is 0.0764. The van der Waals surface area contributed by atoms with Gasteiger partial charge in [-0.25, -0.2) is 4.98 Å². The quantitative estimate of drug-likeness (QED) is 0.739. The van der Waals surface area contributed by atoms with Crippen LogP contribution in [0.3, 0.4) is 0 Å². The summed E-state index contributed by atoms with van der Waals surface area (Å²) in [5.74, 6) is 0.513. The molecule has 1 aromatic rings. The molecule has 0 bridgehead atoms. The maximum absolute atomic E-state index is 5.68. The molecule has 1 rings (SSSR count). The number of rotatable bonds is 2. The molecule has 0 radical (unpaired) electrons. The minimum Gasteiger partial charge on any atom is -0.322 e. The van der Waals surface area contributed by atoms with Gasteiger partial charge in [0.05, 0.1) is 11.7 Å². The van der Waals surface area contributed by atoms with Crippen LogP contribution in [0, 0.1) is 0 Å². The Morgan fingerprint density at radius 2 is 2.09 bits per heavy atom. The largest absolute Gasteiger partial charge is 0.322 e. The molecule has 0 fully saturated rings. The van der Waals surface area contributed by atoms with E-state index in [1.54, 1.807) is 11.3 Å². The second-order valence-corrected chi connectivity index (χ2v) is 3.94. The van der Waals surface area contributed by atoms with E-state index in [4.69, 9.17) is 5.73 Å². The molecule has 2 nitrogen and oxygen atoms in total. The van der Waals surface area contributed by atoms with Crippen LogP contribution < -0.4 is 5.73 Å². The molecule has 11 heavy (non-hydrogen) atoms. The van der Waals surface area contributed by atoms with Crippen molar-refractivity contribution in [2.75, 3.05) is 0 Å². The molecule has 0 amide bonds. The van der Waals surface area contributed by atoms with Gasteiger partial charge < -0.3 is 5.73 Å². The average molecular weight is 170 g/mol. The average Bonchev–Trinajstić information content (AvgIpc) is 2.33. The zero-order valence-electron chi connectivity index (χ0n) is 7.16. The number of hydrogen-bond acceptors (Lipinski definition) is 3. The molecular formula is C8H14N2S. The van der Waals surface area contributed by atoms with E-state index in [1.807, 2.05) is 6.92 Å². The molecule has 1 heterocycles. The summed E-state index contributed by atoms with van der Waals surface area (Å²) in [5.41, 5.74) is 6.83. The predicted molar refractivity (Wildman–Crippen MR) is 48.8 cm³/mol. The standard InChI is InChI=1S/C8H14N2S/c1-5(2)7-4-11-8(10-7)6(3)9/h4-6H,9H2,1-3H3. The smallest absolute Gasteiger partial charge is 0.109 e. The summed E-state index contributed by atoms with van der Waals surface area (Å²) in [7, 11) is 0. The van der Waals surface area contributed by atoms with Crippen LogP contribution in [-0.2, 0) is 0 Å². The topological polar surface area (TPSA) is 38.9 Å². The van der Waals surface area contributed by atoms with E-state index in [1.165, 1.54) is 0 Å². The third-order valence-electron chi connectivity index (χ3n) is 1.52. The lowest BCUT2D eigenvalue weighted by atomic mass is 10.2. The number of aromatic nitrogens is 1. The molecule has 0 aliphatic rings. The van der Waals surface area contributed by atoms with Gasteiger partial charge in [0.15, 0.2) is 0 Å². The molecule has 1 aromatic heterocycles. The van der Waals surface area contributed by atoms with Gasteiger partial charge in [-0.2, -0.15) is 0 Å². The van der Waals surface area contributed by atoms with Gasteiger partial charge >= 0.3 is 0 Å². The first kappa shape index (κ1) is 8.68. The van der Waals surface area contributed by atoms with Gasteiger partial charge in [-0.15, -0.1) is 11.3 Å². The fourth-order valence-electron chi connectivity index (χ4n) is 0.775. The minimum absolute atomic E-state index is 0.0764. The summed E-state index contributed by atoms with van der Waals surface area (Å²) in [4.78, 5) is 4.40. The summed E-state index contributed by atoms with van der Waals surface area (Å²) in [6.45, 7) is 6.24. The van der Waals surface area contributed by atoms with Crippen molar-refractivity contribution in [1.29, 1.82) is 0 Å². The molecule has 0 saturated carbocycles. The van der Waals surface area contributed by atoms with Crippen molar-refractivity contribution in [3.63, 3.8) is 0 Å². The molecule has 2 N–H and O–H groups in total. The van der Waals surface area contributed by atoms with Crippen LogP contribution in [0.1, 0.15) is 43.4 Å². The Morgan fingerprint density at radius 3 is 2.36 bits per heavy atom. The molecule has 3 heteroatoms. The van der Waals surface area contributed by atoms with Crippen LogP contribution in [0.4, 0.5) is 0 Å². The zero-order chi connectivity index (χ0) is 8.43. The first-order valence-corrected chi connectivity index (χ1v) is 4.70. The zero-order valence-corrected chi connectivity index (χ0v) is 7.98. The van der Waals surface area contributed by atoms with E-state index in [0.29, 0.717) is 5.92 Å². The molecule has 1 unspecified atom stereocenters. The summed E-state index contributed by atoms with van der Waals surface area (Å²) >= 11 is 1.65. The van der Waals surface area contributed by atoms with Crippen molar-refractivity contribution in [1.82, 2.24) is 4.98 Å². The second-order valence-electron chi connectivity index (χ2n) is 3.05. The lowest BCUT2D eigenvalue weighted by Crippen LogP contribution is -2.04.